The van der Waals surface area contributed by atoms with Gasteiger partial charge in [-0.2, -0.15) is 0 Å². The van der Waals surface area contributed by atoms with Crippen LogP contribution in [0.4, 0.5) is 0 Å². The van der Waals surface area contributed by atoms with Crippen molar-refractivity contribution in [2.45, 2.75) is 0 Å². The summed E-state index contributed by atoms with van der Waals surface area (Å²) in [6.07, 6.45) is 0. The van der Waals surface area contributed by atoms with Crippen molar-refractivity contribution in [1.29, 1.82) is 0 Å². The van der Waals surface area contributed by atoms with Gasteiger partial charge in [-0.25, -0.2) is 0 Å². The number of rotatable bonds is 4. The van der Waals surface area contributed by atoms with Crippen molar-refractivity contribution in [3.8, 4) is 44.5 Å². The predicted octanol–water partition coefficient (Wildman–Crippen LogP) is 14.1. The zero-order valence-corrected chi connectivity index (χ0v) is 27.5. The summed E-state index contributed by atoms with van der Waals surface area (Å²) in [5.74, 6) is 0. The van der Waals surface area contributed by atoms with Crippen LogP contribution in [0, 0.1) is 0 Å². The second kappa shape index (κ2) is 11.6. The van der Waals surface area contributed by atoms with Crippen LogP contribution in [0.1, 0.15) is 0 Å². The van der Waals surface area contributed by atoms with Crippen molar-refractivity contribution >= 4 is 53.9 Å². The fourth-order valence-corrected chi connectivity index (χ4v) is 8.07. The lowest BCUT2D eigenvalue weighted by Crippen LogP contribution is -1.93. The Morgan fingerprint density at radius 2 is 0.680 bits per heavy atom. The molecule has 50 heavy (non-hydrogen) atoms. The van der Waals surface area contributed by atoms with Crippen LogP contribution >= 0.6 is 0 Å². The van der Waals surface area contributed by atoms with Gasteiger partial charge in [-0.1, -0.05) is 182 Å². The van der Waals surface area contributed by atoms with Gasteiger partial charge >= 0.3 is 0 Å². The third-order valence-corrected chi connectivity index (χ3v) is 10.4. The van der Waals surface area contributed by atoms with E-state index in [9.17, 15) is 0 Å². The first-order chi connectivity index (χ1) is 24.8. The summed E-state index contributed by atoms with van der Waals surface area (Å²) in [5, 5.41) is 12.6. The van der Waals surface area contributed by atoms with E-state index in [1.807, 2.05) is 0 Å². The first-order valence-electron chi connectivity index (χ1n) is 17.3. The minimum absolute atomic E-state index is 1.22. The lowest BCUT2D eigenvalue weighted by Gasteiger charge is -2.20. The maximum absolute atomic E-state index is 2.44. The van der Waals surface area contributed by atoms with Crippen LogP contribution in [0.15, 0.2) is 194 Å². The Hall–Kier alpha value is -6.50. The lowest BCUT2D eigenvalue weighted by molar-refractivity contribution is 1.62. The monoisotopic (exact) mass is 632 g/mol. The van der Waals surface area contributed by atoms with Gasteiger partial charge in [-0.3, -0.25) is 0 Å². The smallest absolute Gasteiger partial charge is 0.00199 e. The summed E-state index contributed by atoms with van der Waals surface area (Å²) in [5.41, 5.74) is 9.97. The van der Waals surface area contributed by atoms with Crippen molar-refractivity contribution in [2.24, 2.45) is 0 Å². The summed E-state index contributed by atoms with van der Waals surface area (Å²) in [6.45, 7) is 0. The van der Waals surface area contributed by atoms with Crippen LogP contribution in [0.5, 0.6) is 0 Å². The average Bonchev–Trinajstić information content (AvgIpc) is 3.19. The molecular weight excluding hydrogens is 601 g/mol. The van der Waals surface area contributed by atoms with E-state index in [4.69, 9.17) is 0 Å². The lowest BCUT2D eigenvalue weighted by atomic mass is 9.83. The molecular formula is C50H32. The van der Waals surface area contributed by atoms with Gasteiger partial charge < -0.3 is 0 Å². The molecule has 0 fully saturated rings. The van der Waals surface area contributed by atoms with Crippen LogP contribution in [0.3, 0.4) is 0 Å². The zero-order valence-electron chi connectivity index (χ0n) is 27.5. The fourth-order valence-electron chi connectivity index (χ4n) is 8.07. The van der Waals surface area contributed by atoms with E-state index in [0.717, 1.165) is 0 Å². The van der Waals surface area contributed by atoms with Gasteiger partial charge in [-0.05, 0) is 111 Å². The standard InChI is InChI=1S/C50H32/c1-2-14-38-31-39(28-25-33(38)11-1)34-23-26-37(27-24-34)49-45-19-7-8-20-46(45)50(44-22-10-16-36-13-4-6-18-42(36)44)48-32-40(29-30-47(48)49)43-21-9-15-35-12-3-5-17-41(35)43/h1-32H. The number of fused-ring (bicyclic) bond motifs is 5. The Morgan fingerprint density at radius 1 is 0.200 bits per heavy atom. The van der Waals surface area contributed by atoms with E-state index in [1.54, 1.807) is 0 Å². The third kappa shape index (κ3) is 4.61. The van der Waals surface area contributed by atoms with Crippen molar-refractivity contribution in [1.82, 2.24) is 0 Å². The van der Waals surface area contributed by atoms with E-state index < -0.39 is 0 Å². The van der Waals surface area contributed by atoms with E-state index in [0.29, 0.717) is 0 Å². The summed E-state index contributed by atoms with van der Waals surface area (Å²) in [6, 6.07) is 71.4. The SMILES string of the molecule is c1ccc2cc(-c3ccc(-c4c5ccccc5c(-c5cccc6ccccc56)c5cc(-c6cccc7ccccc67)ccc45)cc3)ccc2c1. The van der Waals surface area contributed by atoms with Gasteiger partial charge in [0.15, 0.2) is 0 Å². The van der Waals surface area contributed by atoms with Crippen molar-refractivity contribution < 1.29 is 0 Å². The van der Waals surface area contributed by atoms with Gasteiger partial charge in [0.25, 0.3) is 0 Å². The molecule has 0 aliphatic rings. The van der Waals surface area contributed by atoms with E-state index in [2.05, 4.69) is 194 Å². The van der Waals surface area contributed by atoms with E-state index in [1.165, 1.54) is 98.4 Å². The molecule has 0 atom stereocenters. The van der Waals surface area contributed by atoms with Gasteiger partial charge in [0, 0.05) is 0 Å². The largest absolute Gasteiger partial charge is 0.0616 e. The van der Waals surface area contributed by atoms with Crippen LogP contribution in [0.25, 0.3) is 98.4 Å². The first-order valence-corrected chi connectivity index (χ1v) is 17.3. The molecule has 0 aliphatic carbocycles. The van der Waals surface area contributed by atoms with Gasteiger partial charge in [-0.15, -0.1) is 0 Å². The van der Waals surface area contributed by atoms with Crippen molar-refractivity contribution in [3.63, 3.8) is 0 Å². The molecule has 0 aliphatic heterocycles. The van der Waals surface area contributed by atoms with Crippen LogP contribution < -0.4 is 0 Å². The third-order valence-electron chi connectivity index (χ3n) is 10.4. The fraction of sp³-hybridized carbons (Fsp3) is 0. The second-order valence-electron chi connectivity index (χ2n) is 13.2. The molecule has 0 saturated heterocycles. The van der Waals surface area contributed by atoms with Crippen LogP contribution in [0.2, 0.25) is 0 Å². The summed E-state index contributed by atoms with van der Waals surface area (Å²) in [7, 11) is 0. The number of benzene rings is 10. The molecule has 0 radical (unpaired) electrons. The molecule has 232 valence electrons. The highest BCUT2D eigenvalue weighted by Gasteiger charge is 2.19. The van der Waals surface area contributed by atoms with Crippen molar-refractivity contribution in [3.05, 3.63) is 194 Å². The van der Waals surface area contributed by atoms with E-state index in [-0.39, 0.29) is 0 Å². The second-order valence-corrected chi connectivity index (χ2v) is 13.2. The molecule has 10 aromatic carbocycles. The summed E-state index contributed by atoms with van der Waals surface area (Å²) < 4.78 is 0. The highest BCUT2D eigenvalue weighted by Crippen LogP contribution is 2.47. The first kappa shape index (κ1) is 28.5. The predicted molar refractivity (Wildman–Crippen MR) is 216 cm³/mol. The Kier molecular flexibility index (Phi) is 6.60. The average molecular weight is 633 g/mol. The molecule has 0 nitrogen and oxygen atoms in total. The summed E-state index contributed by atoms with van der Waals surface area (Å²) in [4.78, 5) is 0. The Labute approximate surface area is 291 Å². The maximum atomic E-state index is 2.44. The van der Waals surface area contributed by atoms with Gasteiger partial charge in [0.1, 0.15) is 0 Å². The molecule has 10 rings (SSSR count). The molecule has 0 bridgehead atoms. The molecule has 0 heterocycles. The normalized spacial score (nSPS) is 11.6. The van der Waals surface area contributed by atoms with Crippen LogP contribution in [-0.2, 0) is 0 Å². The molecule has 0 N–H and O–H groups in total. The molecule has 10 aromatic rings. The molecule has 0 amide bonds. The van der Waals surface area contributed by atoms with Crippen molar-refractivity contribution in [2.75, 3.05) is 0 Å². The van der Waals surface area contributed by atoms with E-state index >= 15 is 0 Å². The minimum Gasteiger partial charge on any atom is -0.0616 e. The van der Waals surface area contributed by atoms with Gasteiger partial charge in [0.2, 0.25) is 0 Å². The van der Waals surface area contributed by atoms with Crippen LogP contribution in [-0.4, -0.2) is 0 Å². The minimum atomic E-state index is 1.22. The van der Waals surface area contributed by atoms with Gasteiger partial charge in [0.05, 0.1) is 0 Å². The Morgan fingerprint density at radius 3 is 1.40 bits per heavy atom. The molecule has 0 unspecified atom stereocenters. The molecule has 0 heteroatoms. The maximum Gasteiger partial charge on any atom is -0.00199 e. The summed E-state index contributed by atoms with van der Waals surface area (Å²) >= 11 is 0. The number of hydrogen-bond donors (Lipinski definition) is 0. The Balaban J connectivity index is 1.25. The topological polar surface area (TPSA) is 0 Å². The number of hydrogen-bond acceptors (Lipinski definition) is 0. The zero-order chi connectivity index (χ0) is 33.0. The highest BCUT2D eigenvalue weighted by atomic mass is 14.2. The highest BCUT2D eigenvalue weighted by molar-refractivity contribution is 6.24. The molecule has 0 saturated carbocycles. The molecule has 0 spiro atoms. The Bertz CT molecular complexity index is 2900. The molecule has 0 aromatic heterocycles. The quantitative estimate of drug-likeness (QED) is 0.169.